The second-order valence-electron chi connectivity index (χ2n) is 9.38. The molecule has 1 atom stereocenters. The zero-order chi connectivity index (χ0) is 23.2. The summed E-state index contributed by atoms with van der Waals surface area (Å²) >= 11 is 0. The Morgan fingerprint density at radius 3 is 2.21 bits per heavy atom. The van der Waals surface area contributed by atoms with Crippen molar-refractivity contribution >= 4 is 18.0 Å². The van der Waals surface area contributed by atoms with Gasteiger partial charge in [0.25, 0.3) is 0 Å². The highest BCUT2D eigenvalue weighted by Crippen LogP contribution is 2.47. The molecule has 0 aromatic heterocycles. The number of rotatable bonds is 6. The maximum Gasteiger partial charge on any atom is 0.407 e. The van der Waals surface area contributed by atoms with Crippen molar-refractivity contribution in [1.82, 2.24) is 10.2 Å². The van der Waals surface area contributed by atoms with Crippen LogP contribution in [0.25, 0.3) is 11.1 Å². The minimum atomic E-state index is -1.07. The summed E-state index contributed by atoms with van der Waals surface area (Å²) in [5.41, 5.74) is 3.53. The van der Waals surface area contributed by atoms with Crippen LogP contribution in [-0.4, -0.2) is 52.7 Å². The Balaban J connectivity index is 1.18. The second-order valence-corrected chi connectivity index (χ2v) is 9.38. The Morgan fingerprint density at radius 2 is 1.64 bits per heavy atom. The van der Waals surface area contributed by atoms with Gasteiger partial charge in [0.2, 0.25) is 5.91 Å². The first-order chi connectivity index (χ1) is 15.9. The predicted molar refractivity (Wildman–Crippen MR) is 122 cm³/mol. The maximum absolute atomic E-state index is 13.0. The average molecular weight is 449 g/mol. The molecule has 7 heteroatoms. The van der Waals surface area contributed by atoms with Gasteiger partial charge in [-0.2, -0.15) is 0 Å². The lowest BCUT2D eigenvalue weighted by Gasteiger charge is -2.32. The lowest BCUT2D eigenvalue weighted by Crippen LogP contribution is -2.53. The van der Waals surface area contributed by atoms with Crippen LogP contribution in [0.15, 0.2) is 48.5 Å². The van der Waals surface area contributed by atoms with Crippen LogP contribution in [0, 0.1) is 5.92 Å². The van der Waals surface area contributed by atoms with Crippen molar-refractivity contribution < 1.29 is 24.2 Å². The summed E-state index contributed by atoms with van der Waals surface area (Å²) in [6, 6.07) is 16.3. The number of aliphatic carboxylic acids is 1. The van der Waals surface area contributed by atoms with Gasteiger partial charge in [-0.15, -0.1) is 0 Å². The van der Waals surface area contributed by atoms with Crippen LogP contribution in [0.2, 0.25) is 0 Å². The number of nitrogens with one attached hydrogen (secondary N) is 1. The first-order valence-electron chi connectivity index (χ1n) is 11.6. The van der Waals surface area contributed by atoms with E-state index < -0.39 is 23.5 Å². The molecule has 2 heterocycles. The zero-order valence-electron chi connectivity index (χ0n) is 18.6. The number of carboxylic acids is 1. The highest BCUT2D eigenvalue weighted by atomic mass is 16.5. The first-order valence-corrected chi connectivity index (χ1v) is 11.6. The summed E-state index contributed by atoms with van der Waals surface area (Å²) in [7, 11) is 0. The number of nitrogens with zero attached hydrogens (tertiary/aromatic N) is 1. The van der Waals surface area contributed by atoms with Gasteiger partial charge < -0.3 is 20.1 Å². The Labute approximate surface area is 192 Å². The fourth-order valence-electron chi connectivity index (χ4n) is 5.85. The van der Waals surface area contributed by atoms with E-state index in [0.717, 1.165) is 35.1 Å². The third kappa shape index (κ3) is 3.46. The number of hydrogen-bond acceptors (Lipinski definition) is 4. The molecule has 0 saturated carbocycles. The number of carbonyl (C=O) groups is 3. The molecule has 1 unspecified atom stereocenters. The predicted octanol–water partition coefficient (Wildman–Crippen LogP) is 3.77. The van der Waals surface area contributed by atoms with Crippen LogP contribution in [0.4, 0.5) is 4.79 Å². The molecule has 2 aliphatic heterocycles. The van der Waals surface area contributed by atoms with Crippen LogP contribution >= 0.6 is 0 Å². The molecule has 2 N–H and O–H groups in total. The van der Waals surface area contributed by atoms with E-state index in [1.807, 2.05) is 24.3 Å². The standard InChI is InChI=1S/C26H28N2O5/c1-16(23(29)28-17-10-12-26(28,13-11-17)24(30)31)14-27-25(32)33-15-22-20-8-4-2-6-18(20)19-7-3-5-9-21(19)22/h2-9,16-17,22H,10-15H2,1H3,(H,27,32)(H,30,31). The SMILES string of the molecule is CC(CNC(=O)OCC1c2ccccc2-c2ccccc21)C(=O)N1C2CCC1(C(=O)O)CC2. The van der Waals surface area contributed by atoms with Gasteiger partial charge in [-0.1, -0.05) is 55.5 Å². The zero-order valence-corrected chi connectivity index (χ0v) is 18.6. The molecule has 2 bridgehead atoms. The fourth-order valence-corrected chi connectivity index (χ4v) is 5.85. The average Bonchev–Trinajstić information content (AvgIpc) is 3.49. The van der Waals surface area contributed by atoms with Crippen LogP contribution in [0.1, 0.15) is 49.7 Å². The van der Waals surface area contributed by atoms with Gasteiger partial charge in [0.1, 0.15) is 12.1 Å². The quantitative estimate of drug-likeness (QED) is 0.701. The first kappa shape index (κ1) is 21.5. The lowest BCUT2D eigenvalue weighted by molar-refractivity contribution is -0.156. The molecule has 2 amide bonds. The summed E-state index contributed by atoms with van der Waals surface area (Å²) in [4.78, 5) is 38.9. The Bertz CT molecular complexity index is 1060. The van der Waals surface area contributed by atoms with E-state index in [-0.39, 0.29) is 31.0 Å². The highest BCUT2D eigenvalue weighted by Gasteiger charge is 2.59. The number of alkyl carbamates (subject to hydrolysis) is 1. The Morgan fingerprint density at radius 1 is 1.06 bits per heavy atom. The number of ether oxygens (including phenoxy) is 1. The van der Waals surface area contributed by atoms with E-state index in [1.54, 1.807) is 11.8 Å². The van der Waals surface area contributed by atoms with E-state index in [1.165, 1.54) is 0 Å². The van der Waals surface area contributed by atoms with E-state index in [2.05, 4.69) is 29.6 Å². The molecule has 0 spiro atoms. The maximum atomic E-state index is 13.0. The van der Waals surface area contributed by atoms with Gasteiger partial charge in [-0.05, 0) is 47.9 Å². The van der Waals surface area contributed by atoms with E-state index in [4.69, 9.17) is 4.74 Å². The van der Waals surface area contributed by atoms with Gasteiger partial charge >= 0.3 is 12.1 Å². The number of amides is 2. The minimum absolute atomic E-state index is 0.00879. The van der Waals surface area contributed by atoms with Crippen LogP contribution in [0.3, 0.4) is 0 Å². The topological polar surface area (TPSA) is 95.9 Å². The largest absolute Gasteiger partial charge is 0.479 e. The van der Waals surface area contributed by atoms with Crippen LogP contribution in [0.5, 0.6) is 0 Å². The molecule has 5 rings (SSSR count). The molecule has 0 radical (unpaired) electrons. The molecule has 2 aromatic rings. The van der Waals surface area contributed by atoms with E-state index in [9.17, 15) is 19.5 Å². The van der Waals surface area contributed by atoms with Crippen molar-refractivity contribution in [1.29, 1.82) is 0 Å². The number of hydrogen-bond donors (Lipinski definition) is 2. The molecule has 3 aliphatic rings. The Kier molecular flexibility index (Phi) is 5.35. The monoisotopic (exact) mass is 448 g/mol. The summed E-state index contributed by atoms with van der Waals surface area (Å²) in [6.45, 7) is 2.03. The lowest BCUT2D eigenvalue weighted by atomic mass is 9.88. The number of benzene rings is 2. The number of carboxylic acid groups (broad SMARTS) is 1. The van der Waals surface area contributed by atoms with Gasteiger partial charge in [0.15, 0.2) is 0 Å². The second kappa shape index (κ2) is 8.21. The minimum Gasteiger partial charge on any atom is -0.479 e. The number of carbonyl (C=O) groups excluding carboxylic acids is 2. The van der Waals surface area contributed by atoms with Gasteiger partial charge in [0, 0.05) is 18.5 Å². The molecule has 2 saturated heterocycles. The molecule has 172 valence electrons. The normalized spacial score (nSPS) is 23.7. The van der Waals surface area contributed by atoms with E-state index in [0.29, 0.717) is 12.8 Å². The summed E-state index contributed by atoms with van der Waals surface area (Å²) < 4.78 is 5.54. The van der Waals surface area contributed by atoms with E-state index >= 15 is 0 Å². The summed E-state index contributed by atoms with van der Waals surface area (Å²) in [6.07, 6.45) is 1.89. The Hall–Kier alpha value is -3.35. The van der Waals surface area contributed by atoms with Crippen molar-refractivity contribution in [3.8, 4) is 11.1 Å². The van der Waals surface area contributed by atoms with Gasteiger partial charge in [-0.25, -0.2) is 9.59 Å². The van der Waals surface area contributed by atoms with Gasteiger partial charge in [0.05, 0.1) is 5.92 Å². The van der Waals surface area contributed by atoms with Crippen molar-refractivity contribution in [3.05, 3.63) is 59.7 Å². The van der Waals surface area contributed by atoms with Crippen molar-refractivity contribution in [2.24, 2.45) is 5.92 Å². The third-order valence-electron chi connectivity index (χ3n) is 7.56. The van der Waals surface area contributed by atoms with Crippen molar-refractivity contribution in [3.63, 3.8) is 0 Å². The van der Waals surface area contributed by atoms with Crippen LogP contribution in [-0.2, 0) is 14.3 Å². The summed E-state index contributed by atoms with van der Waals surface area (Å²) in [5, 5.41) is 12.4. The molecular formula is C26H28N2O5. The van der Waals surface area contributed by atoms with Crippen LogP contribution < -0.4 is 5.32 Å². The fraction of sp³-hybridized carbons (Fsp3) is 0.423. The number of fused-ring (bicyclic) bond motifs is 5. The third-order valence-corrected chi connectivity index (χ3v) is 7.56. The molecule has 1 aliphatic carbocycles. The molecule has 2 fully saturated rings. The van der Waals surface area contributed by atoms with Crippen molar-refractivity contribution in [2.45, 2.75) is 50.1 Å². The summed E-state index contributed by atoms with van der Waals surface area (Å²) in [5.74, 6) is -1.69. The molecular weight excluding hydrogens is 420 g/mol. The smallest absolute Gasteiger partial charge is 0.407 e. The van der Waals surface area contributed by atoms with Crippen molar-refractivity contribution in [2.75, 3.05) is 13.2 Å². The molecule has 33 heavy (non-hydrogen) atoms. The molecule has 2 aromatic carbocycles. The molecule has 7 nitrogen and oxygen atoms in total. The highest BCUT2D eigenvalue weighted by molar-refractivity contribution is 5.90. The van der Waals surface area contributed by atoms with Gasteiger partial charge in [-0.3, -0.25) is 4.79 Å².